The van der Waals surface area contributed by atoms with Gasteiger partial charge in [-0.3, -0.25) is 23.7 Å². The fourth-order valence-electron chi connectivity index (χ4n) is 4.99. The van der Waals surface area contributed by atoms with E-state index in [0.717, 1.165) is 27.7 Å². The summed E-state index contributed by atoms with van der Waals surface area (Å²) in [6.07, 6.45) is 3.50. The number of hydrazone groups is 1. The molecular weight excluding hydrogens is 694 g/mol. The van der Waals surface area contributed by atoms with Crippen molar-refractivity contribution in [3.8, 4) is 11.4 Å². The molecule has 15 heteroatoms. The van der Waals surface area contributed by atoms with Crippen molar-refractivity contribution < 1.29 is 22.5 Å². The molecular formula is C33H26ClN5O6S3. The normalized spacial score (nSPS) is 16.4. The van der Waals surface area contributed by atoms with Crippen molar-refractivity contribution in [1.82, 2.24) is 9.55 Å². The number of aromatic nitrogens is 2. The van der Waals surface area contributed by atoms with Crippen LogP contribution in [0.5, 0.6) is 5.75 Å². The van der Waals surface area contributed by atoms with Crippen LogP contribution in [0.2, 0.25) is 5.02 Å². The highest BCUT2D eigenvalue weighted by Crippen LogP contribution is 2.46. The number of carbonyl (C=O) groups is 1. The zero-order chi connectivity index (χ0) is 34.2. The van der Waals surface area contributed by atoms with Crippen molar-refractivity contribution in [3.63, 3.8) is 0 Å². The smallest absolute Gasteiger partial charge is 0.294 e. The Morgan fingerprint density at radius 3 is 2.23 bits per heavy atom. The third-order valence-electron chi connectivity index (χ3n) is 7.29. The molecule has 0 bridgehead atoms. The van der Waals surface area contributed by atoms with E-state index in [2.05, 4.69) is 10.1 Å². The number of pyridine rings is 1. The van der Waals surface area contributed by atoms with Gasteiger partial charge in [0, 0.05) is 30.4 Å². The topological polar surface area (TPSA) is 134 Å². The van der Waals surface area contributed by atoms with Gasteiger partial charge in [-0.15, -0.1) is 11.3 Å². The first kappa shape index (κ1) is 33.2. The quantitative estimate of drug-likeness (QED) is 0.261. The van der Waals surface area contributed by atoms with Crippen molar-refractivity contribution in [2.24, 2.45) is 5.10 Å². The summed E-state index contributed by atoms with van der Waals surface area (Å²) in [6, 6.07) is 23.9. The summed E-state index contributed by atoms with van der Waals surface area (Å²) < 4.78 is 40.2. The van der Waals surface area contributed by atoms with Crippen LogP contribution in [0.3, 0.4) is 0 Å². The second-order valence-electron chi connectivity index (χ2n) is 10.3. The number of methoxy groups -OCH3 is 1. The zero-order valence-corrected chi connectivity index (χ0v) is 28.8. The van der Waals surface area contributed by atoms with E-state index in [1.165, 1.54) is 33.7 Å². The lowest BCUT2D eigenvalue weighted by molar-refractivity contribution is -0.112. The highest BCUT2D eigenvalue weighted by Gasteiger charge is 2.34. The van der Waals surface area contributed by atoms with Crippen molar-refractivity contribution >= 4 is 78.4 Å². The lowest BCUT2D eigenvalue weighted by Gasteiger charge is -2.14. The number of ether oxygens (including phenoxy) is 1. The molecule has 5 aromatic rings. The molecule has 1 amide bonds. The van der Waals surface area contributed by atoms with Crippen LogP contribution in [0.25, 0.3) is 16.3 Å². The number of amides is 1. The molecule has 244 valence electrons. The number of para-hydroxylation sites is 1. The van der Waals surface area contributed by atoms with E-state index >= 15 is 0 Å². The first-order chi connectivity index (χ1) is 23.0. The van der Waals surface area contributed by atoms with Crippen LogP contribution in [0.15, 0.2) is 117 Å². The fraction of sp³-hybridized carbons (Fsp3) is 0.0909. The average Bonchev–Trinajstić information content (AvgIpc) is 3.70. The number of thioether (sulfide) groups is 1. The summed E-state index contributed by atoms with van der Waals surface area (Å²) in [5.74, 6) is 0.148. The third-order valence-corrected chi connectivity index (χ3v) is 11.0. The van der Waals surface area contributed by atoms with Gasteiger partial charge in [-0.1, -0.05) is 47.6 Å². The van der Waals surface area contributed by atoms with Crippen molar-refractivity contribution in [3.05, 3.63) is 122 Å². The number of benzene rings is 3. The minimum atomic E-state index is -4.50. The molecule has 0 radical (unpaired) electrons. The molecule has 4 heterocycles. The highest BCUT2D eigenvalue weighted by atomic mass is 35.5. The molecule has 2 aliphatic rings. The maximum absolute atomic E-state index is 14.1. The lowest BCUT2D eigenvalue weighted by atomic mass is 10.2. The van der Waals surface area contributed by atoms with E-state index in [9.17, 15) is 22.6 Å². The number of rotatable bonds is 4. The molecule has 0 aliphatic carbocycles. The molecule has 0 atom stereocenters. The van der Waals surface area contributed by atoms with Crippen LogP contribution in [0, 0.1) is 0 Å². The number of thiazole rings is 1. The van der Waals surface area contributed by atoms with E-state index in [1.54, 1.807) is 50.7 Å². The summed E-state index contributed by atoms with van der Waals surface area (Å²) >= 11 is 8.97. The van der Waals surface area contributed by atoms with E-state index < -0.39 is 20.9 Å². The molecule has 2 aromatic heterocycles. The predicted molar refractivity (Wildman–Crippen MR) is 189 cm³/mol. The molecule has 0 fully saturated rings. The Kier molecular flexibility index (Phi) is 9.27. The minimum absolute atomic E-state index is 0.101. The molecule has 0 saturated heterocycles. The Hall–Kier alpha value is -4.73. The van der Waals surface area contributed by atoms with Crippen molar-refractivity contribution in [2.75, 3.05) is 24.1 Å². The second kappa shape index (κ2) is 13.4. The monoisotopic (exact) mass is 719 g/mol. The van der Waals surface area contributed by atoms with Crippen LogP contribution < -0.4 is 29.4 Å². The van der Waals surface area contributed by atoms with Crippen LogP contribution in [0.4, 0.5) is 11.4 Å². The lowest BCUT2D eigenvalue weighted by Crippen LogP contribution is -2.34. The van der Waals surface area contributed by atoms with Crippen molar-refractivity contribution in [2.45, 2.75) is 16.7 Å². The van der Waals surface area contributed by atoms with Gasteiger partial charge in [0.2, 0.25) is 0 Å². The van der Waals surface area contributed by atoms with Gasteiger partial charge in [-0.25, -0.2) is 0 Å². The standard InChI is InChI=1S/C28H21ClN4O6S3.C5H5N/c1-15-23(25(34)33(30-15)20-11-10-18(14-19(20)29)42(36,37)38)27-32(16-7-5-4-6-8-16)26(35)24(41-27)28-31(2)21-13-17(39-3)9-12-22(21)40-28;1-2-4-6-5-3-1/h4-14H,1-3H3,(H,36,37,38);1-5H/b27-23+,28-24-;. The van der Waals surface area contributed by atoms with Gasteiger partial charge in [0.15, 0.2) is 0 Å². The average molecular weight is 720 g/mol. The Bertz CT molecular complexity index is 2350. The maximum atomic E-state index is 14.1. The predicted octanol–water partition coefficient (Wildman–Crippen LogP) is 4.77. The summed E-state index contributed by atoms with van der Waals surface area (Å²) in [7, 11) is -1.03. The maximum Gasteiger partial charge on any atom is 0.294 e. The highest BCUT2D eigenvalue weighted by molar-refractivity contribution is 8.08. The minimum Gasteiger partial charge on any atom is -0.497 e. The summed E-state index contributed by atoms with van der Waals surface area (Å²) in [5.41, 5.74) is 1.85. The van der Waals surface area contributed by atoms with Crippen LogP contribution in [0.1, 0.15) is 6.92 Å². The van der Waals surface area contributed by atoms with Crippen LogP contribution in [-0.2, 0) is 14.9 Å². The van der Waals surface area contributed by atoms with Gasteiger partial charge in [-0.2, -0.15) is 18.5 Å². The number of nitrogens with zero attached hydrogens (tertiary/aromatic N) is 5. The SMILES string of the molecule is COc1ccc2c(c1)N(C)/C(=c1/s/c(=C3/C(=O)N(c4ccc(S(=O)(=O)O)cc4Cl)N=C3C)n(-c3ccccc3)c1=O)S2.c1ccncc1. The molecule has 3 aromatic carbocycles. The number of hydrogen-bond donors (Lipinski definition) is 1. The van der Waals surface area contributed by atoms with E-state index in [0.29, 0.717) is 31.4 Å². The summed E-state index contributed by atoms with van der Waals surface area (Å²) in [5, 5.41) is 6.08. The molecule has 0 saturated carbocycles. The van der Waals surface area contributed by atoms with Crippen LogP contribution >= 0.6 is 34.7 Å². The first-order valence-corrected chi connectivity index (χ1v) is 17.6. The number of anilines is 2. The van der Waals surface area contributed by atoms with E-state index in [-0.39, 0.29) is 21.8 Å². The Balaban J connectivity index is 0.000000604. The first-order valence-electron chi connectivity index (χ1n) is 14.2. The Labute approximate surface area is 288 Å². The number of hydrogen-bond acceptors (Lipinski definition) is 10. The van der Waals surface area contributed by atoms with Gasteiger partial charge >= 0.3 is 0 Å². The molecule has 7 rings (SSSR count). The molecule has 48 heavy (non-hydrogen) atoms. The zero-order valence-electron chi connectivity index (χ0n) is 25.6. The second-order valence-corrected chi connectivity index (χ2v) is 14.2. The van der Waals surface area contributed by atoms with Gasteiger partial charge in [0.25, 0.3) is 21.6 Å². The number of fused-ring (bicyclic) bond motifs is 1. The number of halogens is 1. The molecule has 1 N–H and O–H groups in total. The Morgan fingerprint density at radius 2 is 1.62 bits per heavy atom. The Morgan fingerprint density at radius 1 is 0.917 bits per heavy atom. The largest absolute Gasteiger partial charge is 0.497 e. The van der Waals surface area contributed by atoms with Gasteiger partial charge < -0.3 is 9.64 Å². The molecule has 0 spiro atoms. The summed E-state index contributed by atoms with van der Waals surface area (Å²) in [4.78, 5) is 34.3. The molecule has 11 nitrogen and oxygen atoms in total. The third kappa shape index (κ3) is 6.28. The number of carbonyl (C=O) groups excluding carboxylic acids is 1. The van der Waals surface area contributed by atoms with Gasteiger partial charge in [0.05, 0.1) is 45.4 Å². The van der Waals surface area contributed by atoms with Crippen molar-refractivity contribution in [1.29, 1.82) is 0 Å². The molecule has 0 unspecified atom stereocenters. The summed E-state index contributed by atoms with van der Waals surface area (Å²) in [6.45, 7) is 1.65. The van der Waals surface area contributed by atoms with Gasteiger partial charge in [0.1, 0.15) is 20.0 Å². The fourth-order valence-corrected chi connectivity index (χ4v) is 8.35. The van der Waals surface area contributed by atoms with E-state index in [4.69, 9.17) is 16.3 Å². The van der Waals surface area contributed by atoms with Gasteiger partial charge in [-0.05, 0) is 61.5 Å². The molecule has 2 aliphatic heterocycles. The van der Waals surface area contributed by atoms with E-state index in [1.807, 2.05) is 54.4 Å². The van der Waals surface area contributed by atoms with Crippen LogP contribution in [-0.4, -0.2) is 48.3 Å².